The van der Waals surface area contributed by atoms with Crippen molar-refractivity contribution in [2.75, 3.05) is 24.6 Å². The zero-order valence-electron chi connectivity index (χ0n) is 14.4. The highest BCUT2D eigenvalue weighted by Crippen LogP contribution is 2.29. The zero-order chi connectivity index (χ0) is 17.7. The molecule has 1 unspecified atom stereocenters. The van der Waals surface area contributed by atoms with Crippen molar-refractivity contribution in [1.29, 1.82) is 0 Å². The molecule has 2 rings (SSSR count). The first-order chi connectivity index (χ1) is 11.3. The van der Waals surface area contributed by atoms with Crippen LogP contribution in [0.5, 0.6) is 0 Å². The summed E-state index contributed by atoms with van der Waals surface area (Å²) in [5, 5.41) is 3.55. The zero-order valence-corrected chi connectivity index (χ0v) is 14.4. The molecule has 4 nitrogen and oxygen atoms in total. The van der Waals surface area contributed by atoms with E-state index in [1.54, 1.807) is 0 Å². The van der Waals surface area contributed by atoms with Gasteiger partial charge in [0.15, 0.2) is 0 Å². The topological polar surface area (TPSA) is 37.4 Å². The molecule has 0 saturated carbocycles. The van der Waals surface area contributed by atoms with Gasteiger partial charge < -0.3 is 15.0 Å². The molecule has 0 aromatic carbocycles. The number of aromatic nitrogens is 1. The molecule has 1 aromatic heterocycles. The van der Waals surface area contributed by atoms with Crippen LogP contribution >= 0.6 is 0 Å². The van der Waals surface area contributed by atoms with Crippen molar-refractivity contribution in [3.05, 3.63) is 23.9 Å². The first-order valence-electron chi connectivity index (χ1n) is 8.41. The summed E-state index contributed by atoms with van der Waals surface area (Å²) in [4.78, 5) is 6.00. The minimum absolute atomic E-state index is 0.224. The number of hydrogen-bond acceptors (Lipinski definition) is 4. The average molecular weight is 345 g/mol. The quantitative estimate of drug-likeness (QED) is 0.857. The summed E-state index contributed by atoms with van der Waals surface area (Å²) in [6.45, 7) is 8.39. The second-order valence-electron chi connectivity index (χ2n) is 6.61. The Morgan fingerprint density at radius 3 is 2.42 bits per heavy atom. The average Bonchev–Trinajstić information content (AvgIpc) is 2.53. The van der Waals surface area contributed by atoms with Crippen LogP contribution in [0.15, 0.2) is 18.3 Å². The highest BCUT2D eigenvalue weighted by Gasteiger charge is 2.31. The molecule has 0 spiro atoms. The highest BCUT2D eigenvalue weighted by atomic mass is 19.4. The second-order valence-corrected chi connectivity index (χ2v) is 6.61. The number of halogens is 3. The number of nitrogens with one attached hydrogen (secondary N) is 1. The Hall–Kier alpha value is -1.34. The largest absolute Gasteiger partial charge is 0.417 e. The lowest BCUT2D eigenvalue weighted by atomic mass is 10.0. The Kier molecular flexibility index (Phi) is 6.46. The van der Waals surface area contributed by atoms with Crippen LogP contribution in [0, 0.1) is 0 Å². The lowest BCUT2D eigenvalue weighted by molar-refractivity contribution is -0.137. The number of anilines is 1. The maximum absolute atomic E-state index is 12.6. The molecule has 136 valence electrons. The maximum atomic E-state index is 12.6. The molecule has 1 N–H and O–H groups in total. The normalized spacial score (nSPS) is 18.2. The molecule has 24 heavy (non-hydrogen) atoms. The van der Waals surface area contributed by atoms with E-state index < -0.39 is 11.7 Å². The van der Waals surface area contributed by atoms with Gasteiger partial charge in [0, 0.05) is 31.4 Å². The third-order valence-corrected chi connectivity index (χ3v) is 4.09. The predicted octanol–water partition coefficient (Wildman–Crippen LogP) is 3.47. The number of nitrogens with zero attached hydrogens (tertiary/aromatic N) is 2. The maximum Gasteiger partial charge on any atom is 0.417 e. The summed E-state index contributed by atoms with van der Waals surface area (Å²) >= 11 is 0. The van der Waals surface area contributed by atoms with Crippen LogP contribution in [-0.2, 0) is 10.9 Å². The van der Waals surface area contributed by atoms with Crippen LogP contribution in [0.2, 0.25) is 0 Å². The molecule has 1 atom stereocenters. The number of alkyl halides is 3. The van der Waals surface area contributed by atoms with Crippen LogP contribution < -0.4 is 10.2 Å². The van der Waals surface area contributed by atoms with Gasteiger partial charge in [-0.2, -0.15) is 13.2 Å². The van der Waals surface area contributed by atoms with Gasteiger partial charge in [-0.05, 0) is 45.7 Å². The van der Waals surface area contributed by atoms with Gasteiger partial charge in [0.25, 0.3) is 0 Å². The lowest BCUT2D eigenvalue weighted by Crippen LogP contribution is -2.47. The number of piperidine rings is 1. The third kappa shape index (κ3) is 5.63. The summed E-state index contributed by atoms with van der Waals surface area (Å²) < 4.78 is 43.3. The minimum Gasteiger partial charge on any atom is -0.377 e. The van der Waals surface area contributed by atoms with Gasteiger partial charge in [-0.15, -0.1) is 0 Å². The fraction of sp³-hybridized carbons (Fsp3) is 0.706. The summed E-state index contributed by atoms with van der Waals surface area (Å²) in [6, 6.07) is 3.24. The van der Waals surface area contributed by atoms with E-state index >= 15 is 0 Å². The highest BCUT2D eigenvalue weighted by molar-refractivity contribution is 5.40. The summed E-state index contributed by atoms with van der Waals surface area (Å²) in [6.07, 6.45) is -1.33. The van der Waals surface area contributed by atoms with E-state index in [9.17, 15) is 13.2 Å². The Bertz CT molecular complexity index is 497. The molecule has 0 aliphatic carbocycles. The van der Waals surface area contributed by atoms with Gasteiger partial charge >= 0.3 is 6.18 Å². The molecular formula is C17H26F3N3O. The van der Waals surface area contributed by atoms with Crippen LogP contribution in [0.3, 0.4) is 0 Å². The second kappa shape index (κ2) is 8.16. The first-order valence-corrected chi connectivity index (χ1v) is 8.41. The van der Waals surface area contributed by atoms with Gasteiger partial charge in [0.1, 0.15) is 5.82 Å². The Morgan fingerprint density at radius 2 is 1.92 bits per heavy atom. The molecule has 7 heteroatoms. The Labute approximate surface area is 141 Å². The van der Waals surface area contributed by atoms with Crippen LogP contribution in [0.1, 0.15) is 39.2 Å². The van der Waals surface area contributed by atoms with Crippen molar-refractivity contribution in [3.8, 4) is 0 Å². The third-order valence-electron chi connectivity index (χ3n) is 4.09. The van der Waals surface area contributed by atoms with Crippen molar-refractivity contribution >= 4 is 5.82 Å². The molecule has 0 radical (unpaired) electrons. The molecule has 0 amide bonds. The van der Waals surface area contributed by atoms with E-state index in [1.807, 2.05) is 18.7 Å². The van der Waals surface area contributed by atoms with Gasteiger partial charge in [0.2, 0.25) is 0 Å². The van der Waals surface area contributed by atoms with Crippen molar-refractivity contribution in [1.82, 2.24) is 10.3 Å². The number of ether oxygens (including phenoxy) is 1. The number of rotatable bonds is 6. The summed E-state index contributed by atoms with van der Waals surface area (Å²) in [5.41, 5.74) is -0.707. The van der Waals surface area contributed by atoms with E-state index in [0.717, 1.165) is 38.2 Å². The van der Waals surface area contributed by atoms with Gasteiger partial charge in [0.05, 0.1) is 18.3 Å². The summed E-state index contributed by atoms with van der Waals surface area (Å²) in [5.74, 6) is 0.609. The predicted molar refractivity (Wildman–Crippen MR) is 88.2 cm³/mol. The Balaban J connectivity index is 1.80. The van der Waals surface area contributed by atoms with Gasteiger partial charge in [-0.25, -0.2) is 4.98 Å². The molecule has 1 aliphatic heterocycles. The molecular weight excluding hydrogens is 319 g/mol. The summed E-state index contributed by atoms with van der Waals surface area (Å²) in [7, 11) is 0. The van der Waals surface area contributed by atoms with Crippen molar-refractivity contribution < 1.29 is 17.9 Å². The first kappa shape index (κ1) is 19.0. The van der Waals surface area contributed by atoms with E-state index in [4.69, 9.17) is 4.74 Å². The molecule has 2 heterocycles. The SMILES string of the molecule is CC(COC(C)C)NC1CCN(c2ccc(C(F)(F)F)cn2)CC1. The van der Waals surface area contributed by atoms with Gasteiger partial charge in [-0.1, -0.05) is 0 Å². The van der Waals surface area contributed by atoms with E-state index in [-0.39, 0.29) is 12.1 Å². The molecule has 1 aliphatic rings. The smallest absolute Gasteiger partial charge is 0.377 e. The van der Waals surface area contributed by atoms with Crippen LogP contribution in [0.25, 0.3) is 0 Å². The molecule has 0 bridgehead atoms. The van der Waals surface area contributed by atoms with E-state index in [0.29, 0.717) is 18.5 Å². The van der Waals surface area contributed by atoms with E-state index in [2.05, 4.69) is 17.2 Å². The Morgan fingerprint density at radius 1 is 1.25 bits per heavy atom. The van der Waals surface area contributed by atoms with E-state index in [1.165, 1.54) is 6.07 Å². The van der Waals surface area contributed by atoms with Crippen molar-refractivity contribution in [2.24, 2.45) is 0 Å². The van der Waals surface area contributed by atoms with Crippen LogP contribution in [0.4, 0.5) is 19.0 Å². The van der Waals surface area contributed by atoms with Crippen molar-refractivity contribution in [2.45, 2.75) is 58.0 Å². The molecule has 1 aromatic rings. The standard InChI is InChI=1S/C17H26F3N3O/c1-12(2)24-11-13(3)22-15-6-8-23(9-7-15)16-5-4-14(10-21-16)17(18,19)20/h4-5,10,12-13,15,22H,6-9,11H2,1-3H3. The minimum atomic E-state index is -4.34. The number of hydrogen-bond donors (Lipinski definition) is 1. The van der Waals surface area contributed by atoms with Crippen LogP contribution in [-0.4, -0.2) is 42.9 Å². The number of pyridine rings is 1. The lowest BCUT2D eigenvalue weighted by Gasteiger charge is -2.34. The monoisotopic (exact) mass is 345 g/mol. The fourth-order valence-corrected chi connectivity index (χ4v) is 2.80. The molecule has 1 fully saturated rings. The fourth-order valence-electron chi connectivity index (χ4n) is 2.80. The molecule has 1 saturated heterocycles. The van der Waals surface area contributed by atoms with Gasteiger partial charge in [-0.3, -0.25) is 0 Å². The van der Waals surface area contributed by atoms with Crippen molar-refractivity contribution in [3.63, 3.8) is 0 Å².